The maximum Gasteiger partial charge on any atom is 0.338 e. The maximum absolute atomic E-state index is 16.3. The summed E-state index contributed by atoms with van der Waals surface area (Å²) in [6, 6.07) is 13.4. The maximum atomic E-state index is 16.3. The Morgan fingerprint density at radius 2 is 1.15 bits per heavy atom. The second-order valence-electron chi connectivity index (χ2n) is 20.3. The number of benzene rings is 4. The van der Waals surface area contributed by atoms with E-state index in [9.17, 15) is 33.9 Å². The van der Waals surface area contributed by atoms with Crippen LogP contribution in [0.25, 0.3) is 22.3 Å². The average Bonchev–Trinajstić information content (AvgIpc) is 3.98. The summed E-state index contributed by atoms with van der Waals surface area (Å²) in [4.78, 5) is 89.5. The van der Waals surface area contributed by atoms with E-state index in [2.05, 4.69) is 31.2 Å². The molecule has 0 aliphatic heterocycles. The Hall–Kier alpha value is -7.18. The standard InChI is InChI=1S/C53H56F2N6O8S2/c1-28-37(22-32(24-41(28)54)48(68)69-53(8,9)10)34-14-11-29(43(62)58-26-51(2,3)4)19-39(34)46(65)61-50-57-25-33(71-50)13-16-36-38(21-31(47(66)67)23-42(36)55)35-15-12-30(44(63)59-27-52(5,6)7)20-40(35)45(64)60-49-56-17-18-70-49/h11-12,14-15,17-25H,13,16,26-27H2,1-10H3,(H,58,62)(H,59,63)(H,66,67)(H,56,60,64)(H,57,61,65). The van der Waals surface area contributed by atoms with Crippen molar-refractivity contribution in [3.63, 3.8) is 0 Å². The van der Waals surface area contributed by atoms with E-state index < -0.39 is 52.8 Å². The molecule has 5 N–H and O–H groups in total. The van der Waals surface area contributed by atoms with Gasteiger partial charge in [-0.1, -0.05) is 53.7 Å². The molecule has 71 heavy (non-hydrogen) atoms. The molecule has 0 aliphatic rings. The predicted octanol–water partition coefficient (Wildman–Crippen LogP) is 11.0. The summed E-state index contributed by atoms with van der Waals surface area (Å²) in [7, 11) is 0. The van der Waals surface area contributed by atoms with Gasteiger partial charge in [-0.05, 0) is 133 Å². The lowest BCUT2D eigenvalue weighted by molar-refractivity contribution is 0.00683. The molecule has 0 radical (unpaired) electrons. The molecule has 4 aromatic carbocycles. The van der Waals surface area contributed by atoms with Crippen LogP contribution in [0.4, 0.5) is 19.0 Å². The lowest BCUT2D eigenvalue weighted by Crippen LogP contribution is -2.32. The number of nitrogens with one attached hydrogen (secondary N) is 4. The molecule has 0 fully saturated rings. The summed E-state index contributed by atoms with van der Waals surface area (Å²) in [5.74, 6) is -6.00. The molecule has 14 nitrogen and oxygen atoms in total. The van der Waals surface area contributed by atoms with E-state index in [4.69, 9.17) is 4.74 Å². The molecule has 372 valence electrons. The highest BCUT2D eigenvalue weighted by atomic mass is 32.1. The molecule has 0 unspecified atom stereocenters. The normalized spacial score (nSPS) is 11.7. The van der Waals surface area contributed by atoms with E-state index in [0.29, 0.717) is 18.0 Å². The second-order valence-corrected chi connectivity index (χ2v) is 22.3. The largest absolute Gasteiger partial charge is 0.478 e. The highest BCUT2D eigenvalue weighted by Gasteiger charge is 2.27. The minimum absolute atomic E-state index is 0.0211. The number of aryl methyl sites for hydroxylation is 1. The van der Waals surface area contributed by atoms with Crippen LogP contribution in [0.5, 0.6) is 0 Å². The molecular weight excluding hydrogens is 951 g/mol. The highest BCUT2D eigenvalue weighted by Crippen LogP contribution is 2.35. The number of ether oxygens (including phenoxy) is 1. The number of nitrogens with zero attached hydrogens (tertiary/aromatic N) is 2. The third kappa shape index (κ3) is 14.0. The Balaban J connectivity index is 1.34. The van der Waals surface area contributed by atoms with Crippen molar-refractivity contribution in [2.24, 2.45) is 10.8 Å². The zero-order valence-corrected chi connectivity index (χ0v) is 42.7. The van der Waals surface area contributed by atoms with Crippen molar-refractivity contribution in [2.75, 3.05) is 23.7 Å². The molecule has 6 aromatic rings. The highest BCUT2D eigenvalue weighted by molar-refractivity contribution is 7.15. The molecule has 2 heterocycles. The number of hydrogen-bond donors (Lipinski definition) is 5. The van der Waals surface area contributed by atoms with E-state index in [0.717, 1.165) is 34.8 Å². The van der Waals surface area contributed by atoms with Crippen LogP contribution in [0, 0.1) is 29.4 Å². The third-order valence-corrected chi connectivity index (χ3v) is 12.3. The van der Waals surface area contributed by atoms with Crippen LogP contribution in [-0.2, 0) is 17.6 Å². The number of aromatic nitrogens is 2. The molecule has 0 spiro atoms. The fraction of sp³-hybridized carbons (Fsp3) is 0.321. The molecule has 0 saturated carbocycles. The number of thiazole rings is 2. The second kappa shape index (κ2) is 21.4. The Labute approximate surface area is 418 Å². The lowest BCUT2D eigenvalue weighted by Gasteiger charge is -2.21. The number of carboxylic acid groups (broad SMARTS) is 1. The van der Waals surface area contributed by atoms with Crippen LogP contribution < -0.4 is 21.3 Å². The van der Waals surface area contributed by atoms with E-state index >= 15 is 8.78 Å². The van der Waals surface area contributed by atoms with Gasteiger partial charge in [-0.25, -0.2) is 28.3 Å². The van der Waals surface area contributed by atoms with Gasteiger partial charge in [0, 0.05) is 58.0 Å². The molecule has 2 aromatic heterocycles. The number of carbonyl (C=O) groups excluding carboxylic acids is 5. The number of anilines is 2. The van der Waals surface area contributed by atoms with Gasteiger partial charge in [-0.2, -0.15) is 0 Å². The van der Waals surface area contributed by atoms with Gasteiger partial charge in [0.05, 0.1) is 11.1 Å². The molecule has 0 aliphatic carbocycles. The molecule has 6 rings (SSSR count). The first kappa shape index (κ1) is 53.2. The van der Waals surface area contributed by atoms with Crippen LogP contribution in [0.2, 0.25) is 0 Å². The number of carboxylic acids is 1. The van der Waals surface area contributed by atoms with E-state index in [1.54, 1.807) is 26.2 Å². The zero-order chi connectivity index (χ0) is 52.2. The minimum Gasteiger partial charge on any atom is -0.478 e. The Morgan fingerprint density at radius 3 is 1.68 bits per heavy atom. The fourth-order valence-corrected chi connectivity index (χ4v) is 8.45. The molecular formula is C53H56F2N6O8S2. The zero-order valence-electron chi connectivity index (χ0n) is 41.1. The molecule has 4 amide bonds. The van der Waals surface area contributed by atoms with Gasteiger partial charge in [0.2, 0.25) is 0 Å². The van der Waals surface area contributed by atoms with Crippen LogP contribution in [-0.4, -0.2) is 69.3 Å². The Bertz CT molecular complexity index is 3040. The number of hydrogen-bond acceptors (Lipinski definition) is 11. The van der Waals surface area contributed by atoms with Crippen molar-refractivity contribution in [3.8, 4) is 22.3 Å². The van der Waals surface area contributed by atoms with Crippen LogP contribution in [0.15, 0.2) is 78.4 Å². The first-order valence-electron chi connectivity index (χ1n) is 22.6. The van der Waals surface area contributed by atoms with Crippen LogP contribution in [0.3, 0.4) is 0 Å². The van der Waals surface area contributed by atoms with Crippen molar-refractivity contribution in [1.82, 2.24) is 20.6 Å². The molecule has 0 saturated heterocycles. The van der Waals surface area contributed by atoms with Crippen molar-refractivity contribution < 1.29 is 47.4 Å². The number of esters is 1. The van der Waals surface area contributed by atoms with Gasteiger partial charge < -0.3 is 20.5 Å². The van der Waals surface area contributed by atoms with Gasteiger partial charge in [0.15, 0.2) is 10.3 Å². The fourth-order valence-electron chi connectivity index (χ4n) is 7.12. The summed E-state index contributed by atoms with van der Waals surface area (Å²) in [6.07, 6.45) is 3.11. The van der Waals surface area contributed by atoms with Crippen LogP contribution in [0.1, 0.15) is 140 Å². The first-order chi connectivity index (χ1) is 33.2. The Morgan fingerprint density at radius 1 is 0.620 bits per heavy atom. The number of rotatable bonds is 15. The molecule has 18 heteroatoms. The number of carbonyl (C=O) groups is 6. The number of aromatic carboxylic acids is 1. The van der Waals surface area contributed by atoms with Crippen molar-refractivity contribution in [1.29, 1.82) is 0 Å². The van der Waals surface area contributed by atoms with Gasteiger partial charge >= 0.3 is 11.9 Å². The monoisotopic (exact) mass is 1010 g/mol. The SMILES string of the molecule is Cc1c(F)cc(C(=O)OC(C)(C)C)cc1-c1ccc(C(=O)NCC(C)(C)C)cc1C(=O)Nc1ncc(CCc2c(F)cc(C(=O)O)cc2-c2ccc(C(=O)NCC(C)(C)C)cc2C(=O)Nc2nccs2)s1. The minimum atomic E-state index is -1.40. The summed E-state index contributed by atoms with van der Waals surface area (Å²) in [5.41, 5.74) is -0.639. The van der Waals surface area contributed by atoms with Gasteiger partial charge in [0.1, 0.15) is 17.2 Å². The van der Waals surface area contributed by atoms with Gasteiger partial charge in [0.25, 0.3) is 23.6 Å². The molecule has 0 atom stereocenters. The third-order valence-electron chi connectivity index (χ3n) is 10.7. The van der Waals surface area contributed by atoms with Crippen molar-refractivity contribution >= 4 is 68.5 Å². The summed E-state index contributed by atoms with van der Waals surface area (Å²) >= 11 is 2.24. The van der Waals surface area contributed by atoms with E-state index in [1.807, 2.05) is 41.5 Å². The van der Waals surface area contributed by atoms with Crippen LogP contribution >= 0.6 is 22.7 Å². The van der Waals surface area contributed by atoms with E-state index in [1.165, 1.54) is 67.8 Å². The smallest absolute Gasteiger partial charge is 0.338 e. The van der Waals surface area contributed by atoms with E-state index in [-0.39, 0.29) is 101 Å². The quantitative estimate of drug-likeness (QED) is 0.0615. The van der Waals surface area contributed by atoms with Crippen molar-refractivity contribution in [3.05, 3.63) is 139 Å². The Kier molecular flexibility index (Phi) is 16.1. The average molecular weight is 1010 g/mol. The summed E-state index contributed by atoms with van der Waals surface area (Å²) in [5, 5.41) is 23.3. The number of amides is 4. The number of halogens is 2. The van der Waals surface area contributed by atoms with Gasteiger partial charge in [-0.3, -0.25) is 29.8 Å². The predicted molar refractivity (Wildman–Crippen MR) is 272 cm³/mol. The summed E-state index contributed by atoms with van der Waals surface area (Å²) in [6.45, 7) is 18.9. The van der Waals surface area contributed by atoms with Gasteiger partial charge in [-0.15, -0.1) is 22.7 Å². The molecule has 0 bridgehead atoms. The topological polar surface area (TPSA) is 206 Å². The first-order valence-corrected chi connectivity index (χ1v) is 24.3. The lowest BCUT2D eigenvalue weighted by atomic mass is 9.89. The van der Waals surface area contributed by atoms with Crippen molar-refractivity contribution in [2.45, 2.75) is 87.7 Å². The summed E-state index contributed by atoms with van der Waals surface area (Å²) < 4.78 is 37.4.